The summed E-state index contributed by atoms with van der Waals surface area (Å²) in [6.45, 7) is 18.5. The molecule has 4 heteroatoms. The van der Waals surface area contributed by atoms with Crippen molar-refractivity contribution in [2.45, 2.75) is 71.6 Å². The van der Waals surface area contributed by atoms with E-state index in [4.69, 9.17) is 0 Å². The van der Waals surface area contributed by atoms with Gasteiger partial charge in [-0.25, -0.2) is 0 Å². The maximum Gasteiger partial charge on any atom is 0.0644 e. The molecule has 10 aromatic rings. The van der Waals surface area contributed by atoms with Gasteiger partial charge in [0.1, 0.15) is 0 Å². The quantitative estimate of drug-likeness (QED) is 0.128. The maximum atomic E-state index is 4.49. The second-order valence-electron chi connectivity index (χ2n) is 23.0. The summed E-state index contributed by atoms with van der Waals surface area (Å²) in [6.07, 6.45) is 16.7. The SMILES string of the molecule is Cc1ccc(N(c2cccnc2)c2ccc3c(c2)C(C)(C)c2cc(C=Cc4ccc5c(c4)C(C)(C)c4cc(C=Cc6ccc7c(c6)C(C)(C)c6cc(N(c8ccc(C)cc8)c8cccnc8)ccc6-7)ccc4-5)ccc2-3)cc1. The summed E-state index contributed by atoms with van der Waals surface area (Å²) < 4.78 is 0. The summed E-state index contributed by atoms with van der Waals surface area (Å²) in [4.78, 5) is 13.6. The summed E-state index contributed by atoms with van der Waals surface area (Å²) in [5.74, 6) is 0. The number of benzene rings is 8. The maximum absolute atomic E-state index is 4.49. The van der Waals surface area contributed by atoms with Crippen molar-refractivity contribution in [3.8, 4) is 33.4 Å². The smallest absolute Gasteiger partial charge is 0.0644 e. The third kappa shape index (κ3) is 8.13. The molecule has 0 aliphatic heterocycles. The van der Waals surface area contributed by atoms with Gasteiger partial charge in [-0.15, -0.1) is 0 Å². The first kappa shape index (κ1) is 47.8. The Morgan fingerprint density at radius 3 is 0.857 bits per heavy atom. The number of aryl methyl sites for hydroxylation is 2. The normalized spacial score (nSPS) is 14.7. The average molecular weight is 995 g/mol. The van der Waals surface area contributed by atoms with Gasteiger partial charge in [0.25, 0.3) is 0 Å². The number of hydrogen-bond donors (Lipinski definition) is 0. The second-order valence-corrected chi connectivity index (χ2v) is 23.0. The number of aromatic nitrogens is 2. The Labute approximate surface area is 454 Å². The summed E-state index contributed by atoms with van der Waals surface area (Å²) in [6, 6.07) is 67.7. The molecule has 0 saturated carbocycles. The Morgan fingerprint density at radius 2 is 0.571 bits per heavy atom. The number of nitrogens with zero attached hydrogens (tertiary/aromatic N) is 4. The molecule has 374 valence electrons. The van der Waals surface area contributed by atoms with Crippen LogP contribution < -0.4 is 9.80 Å². The predicted molar refractivity (Wildman–Crippen MR) is 324 cm³/mol. The molecule has 8 aromatic carbocycles. The van der Waals surface area contributed by atoms with Gasteiger partial charge in [-0.1, -0.05) is 186 Å². The van der Waals surface area contributed by atoms with Crippen molar-refractivity contribution < 1.29 is 0 Å². The van der Waals surface area contributed by atoms with Gasteiger partial charge in [0.05, 0.1) is 23.8 Å². The van der Waals surface area contributed by atoms with E-state index < -0.39 is 0 Å². The molecule has 0 amide bonds. The molecular weight excluding hydrogens is 933 g/mol. The molecule has 4 nitrogen and oxygen atoms in total. The molecule has 77 heavy (non-hydrogen) atoms. The van der Waals surface area contributed by atoms with Gasteiger partial charge in [-0.3, -0.25) is 9.97 Å². The fraction of sp³-hybridized carbons (Fsp3) is 0.151. The van der Waals surface area contributed by atoms with Crippen LogP contribution in [-0.2, 0) is 16.2 Å². The van der Waals surface area contributed by atoms with E-state index in [2.05, 4.69) is 269 Å². The highest BCUT2D eigenvalue weighted by atomic mass is 15.2. The van der Waals surface area contributed by atoms with E-state index in [1.165, 1.54) is 100 Å². The minimum atomic E-state index is -0.182. The minimum absolute atomic E-state index is 0.152. The zero-order valence-electron chi connectivity index (χ0n) is 45.2. The van der Waals surface area contributed by atoms with E-state index >= 15 is 0 Å². The van der Waals surface area contributed by atoms with Crippen LogP contribution >= 0.6 is 0 Å². The molecule has 13 rings (SSSR count). The van der Waals surface area contributed by atoms with Gasteiger partial charge in [0.2, 0.25) is 0 Å². The van der Waals surface area contributed by atoms with Crippen LogP contribution in [0.1, 0.15) is 108 Å². The average Bonchev–Trinajstić information content (AvgIpc) is 4.18. The lowest BCUT2D eigenvalue weighted by molar-refractivity contribution is 0.660. The summed E-state index contributed by atoms with van der Waals surface area (Å²) >= 11 is 0. The number of fused-ring (bicyclic) bond motifs is 9. The van der Waals surface area contributed by atoms with Gasteiger partial charge >= 0.3 is 0 Å². The standard InChI is InChI=1S/C73H62N4/c1-47-13-25-53(26-14-47)76(57-11-9-37-74-45-57)55-29-35-63-61-33-23-51(41-67(61)72(5,6)69(63)43-55)19-17-49-21-31-59-60-32-22-50(40-66(60)71(3,4)65(59)39-49)18-20-52-24-34-62-64-36-30-56(44-70(64)73(7,8)68(62)42-52)77(58-12-10-38-75-46-58)54-27-15-48(2)16-28-54/h9-46H,1-8H3. The lowest BCUT2D eigenvalue weighted by Gasteiger charge is -2.28. The van der Waals surface area contributed by atoms with Gasteiger partial charge < -0.3 is 9.80 Å². The first-order valence-corrected chi connectivity index (χ1v) is 27.0. The van der Waals surface area contributed by atoms with E-state index in [0.29, 0.717) is 0 Å². The van der Waals surface area contributed by atoms with Crippen LogP contribution in [0.25, 0.3) is 57.7 Å². The fourth-order valence-corrected chi connectivity index (χ4v) is 12.6. The topological polar surface area (TPSA) is 32.3 Å². The van der Waals surface area contributed by atoms with Crippen LogP contribution in [0.2, 0.25) is 0 Å². The third-order valence-electron chi connectivity index (χ3n) is 16.9. The minimum Gasteiger partial charge on any atom is -0.309 e. The van der Waals surface area contributed by atoms with Crippen LogP contribution in [0.15, 0.2) is 207 Å². The molecule has 2 aromatic heterocycles. The molecular formula is C73H62N4. The zero-order valence-corrected chi connectivity index (χ0v) is 45.2. The Bertz CT molecular complexity index is 3750. The van der Waals surface area contributed by atoms with Crippen molar-refractivity contribution in [3.63, 3.8) is 0 Å². The number of pyridine rings is 2. The van der Waals surface area contributed by atoms with Crippen LogP contribution in [0.4, 0.5) is 34.1 Å². The molecule has 0 unspecified atom stereocenters. The zero-order chi connectivity index (χ0) is 52.8. The lowest BCUT2D eigenvalue weighted by Crippen LogP contribution is -2.16. The molecule has 3 aliphatic carbocycles. The van der Waals surface area contributed by atoms with E-state index in [-0.39, 0.29) is 16.2 Å². The fourth-order valence-electron chi connectivity index (χ4n) is 12.6. The summed E-state index contributed by atoms with van der Waals surface area (Å²) in [7, 11) is 0. The monoisotopic (exact) mass is 994 g/mol. The van der Waals surface area contributed by atoms with Crippen molar-refractivity contribution in [1.29, 1.82) is 0 Å². The highest BCUT2D eigenvalue weighted by Gasteiger charge is 2.39. The molecule has 0 saturated heterocycles. The molecule has 3 aliphatic rings. The number of hydrogen-bond acceptors (Lipinski definition) is 4. The largest absolute Gasteiger partial charge is 0.309 e. The lowest BCUT2D eigenvalue weighted by atomic mass is 9.81. The van der Waals surface area contributed by atoms with Crippen molar-refractivity contribution in [1.82, 2.24) is 9.97 Å². The van der Waals surface area contributed by atoms with Gasteiger partial charge in [0, 0.05) is 51.4 Å². The van der Waals surface area contributed by atoms with Gasteiger partial charge in [0.15, 0.2) is 0 Å². The molecule has 0 fully saturated rings. The Kier molecular flexibility index (Phi) is 11.3. The third-order valence-corrected chi connectivity index (χ3v) is 16.9. The highest BCUT2D eigenvalue weighted by molar-refractivity contribution is 5.90. The molecule has 0 atom stereocenters. The molecule has 0 spiro atoms. The Morgan fingerprint density at radius 1 is 0.299 bits per heavy atom. The first-order chi connectivity index (χ1) is 37.2. The number of rotatable bonds is 10. The summed E-state index contributed by atoms with van der Waals surface area (Å²) in [5, 5.41) is 0. The van der Waals surface area contributed by atoms with Crippen molar-refractivity contribution in [2.24, 2.45) is 0 Å². The Hall–Kier alpha value is -8.86. The van der Waals surface area contributed by atoms with E-state index in [0.717, 1.165) is 34.1 Å². The van der Waals surface area contributed by atoms with Crippen LogP contribution in [-0.4, -0.2) is 9.97 Å². The Balaban J connectivity index is 0.730. The van der Waals surface area contributed by atoms with E-state index in [9.17, 15) is 0 Å². The summed E-state index contributed by atoms with van der Waals surface area (Å²) in [5.41, 5.74) is 29.3. The van der Waals surface area contributed by atoms with Gasteiger partial charge in [-0.05, 0) is 176 Å². The van der Waals surface area contributed by atoms with Crippen LogP contribution in [0.3, 0.4) is 0 Å². The highest BCUT2D eigenvalue weighted by Crippen LogP contribution is 2.54. The van der Waals surface area contributed by atoms with Crippen LogP contribution in [0, 0.1) is 13.8 Å². The van der Waals surface area contributed by atoms with Crippen molar-refractivity contribution >= 4 is 58.4 Å². The van der Waals surface area contributed by atoms with Crippen LogP contribution in [0.5, 0.6) is 0 Å². The molecule has 0 radical (unpaired) electrons. The number of anilines is 6. The van der Waals surface area contributed by atoms with E-state index in [1.807, 2.05) is 36.9 Å². The predicted octanol–water partition coefficient (Wildman–Crippen LogP) is 19.3. The molecule has 2 heterocycles. The second kappa shape index (κ2) is 18.2. The first-order valence-electron chi connectivity index (χ1n) is 27.0. The van der Waals surface area contributed by atoms with Crippen molar-refractivity contribution in [3.05, 3.63) is 274 Å². The van der Waals surface area contributed by atoms with E-state index in [1.54, 1.807) is 0 Å². The molecule has 0 bridgehead atoms. The van der Waals surface area contributed by atoms with Crippen molar-refractivity contribution in [2.75, 3.05) is 9.80 Å². The van der Waals surface area contributed by atoms with Gasteiger partial charge in [-0.2, -0.15) is 0 Å². The molecule has 0 N–H and O–H groups in total.